The molecule has 5 heteroatoms. The van der Waals surface area contributed by atoms with E-state index in [1.807, 2.05) is 14.1 Å². The van der Waals surface area contributed by atoms with Crippen molar-refractivity contribution in [3.63, 3.8) is 0 Å². The Morgan fingerprint density at radius 1 is 1.24 bits per heavy atom. The minimum Gasteiger partial charge on any atom is -0.319 e. The van der Waals surface area contributed by atoms with Gasteiger partial charge in [-0.2, -0.15) is 13.2 Å². The highest BCUT2D eigenvalue weighted by Gasteiger charge is 2.38. The Bertz CT molecular complexity index is 459. The van der Waals surface area contributed by atoms with Crippen molar-refractivity contribution in [2.45, 2.75) is 31.5 Å². The maximum Gasteiger partial charge on any atom is 0.416 e. The fraction of sp³-hybridized carbons (Fsp3) is 0.625. The van der Waals surface area contributed by atoms with Crippen LogP contribution in [0.1, 0.15) is 36.4 Å². The lowest BCUT2D eigenvalue weighted by Crippen LogP contribution is -2.35. The standard InChI is InChI=1S/C16H23F3N2/c1-20-11-12-7-5-6-10-21(2)15(12)13-8-3-4-9-14(13)16(17,18)19/h3-4,8-9,12,15,20H,5-7,10-11H2,1-2H3. The highest BCUT2D eigenvalue weighted by Crippen LogP contribution is 2.40. The van der Waals surface area contributed by atoms with Gasteiger partial charge in [-0.25, -0.2) is 0 Å². The molecular formula is C16H23F3N2. The molecule has 118 valence electrons. The van der Waals surface area contributed by atoms with Gasteiger partial charge in [0.05, 0.1) is 5.56 Å². The zero-order valence-corrected chi connectivity index (χ0v) is 12.6. The van der Waals surface area contributed by atoms with Crippen LogP contribution in [0.5, 0.6) is 0 Å². The lowest BCUT2D eigenvalue weighted by Gasteiger charge is -2.34. The van der Waals surface area contributed by atoms with Crippen LogP contribution < -0.4 is 5.32 Å². The normalized spacial score (nSPS) is 24.8. The van der Waals surface area contributed by atoms with Gasteiger partial charge in [0.15, 0.2) is 0 Å². The van der Waals surface area contributed by atoms with Crippen molar-refractivity contribution < 1.29 is 13.2 Å². The van der Waals surface area contributed by atoms with E-state index in [2.05, 4.69) is 10.2 Å². The molecule has 1 fully saturated rings. The first-order valence-corrected chi connectivity index (χ1v) is 7.46. The third-order valence-electron chi connectivity index (χ3n) is 4.31. The number of nitrogens with zero attached hydrogens (tertiary/aromatic N) is 1. The average molecular weight is 300 g/mol. The first-order valence-electron chi connectivity index (χ1n) is 7.46. The number of halogens is 3. The summed E-state index contributed by atoms with van der Waals surface area (Å²) in [6.45, 7) is 1.58. The smallest absolute Gasteiger partial charge is 0.319 e. The molecule has 0 aromatic heterocycles. The molecule has 1 aliphatic heterocycles. The van der Waals surface area contributed by atoms with E-state index >= 15 is 0 Å². The molecule has 1 heterocycles. The summed E-state index contributed by atoms with van der Waals surface area (Å²) in [6.07, 6.45) is -1.22. The van der Waals surface area contributed by atoms with Crippen molar-refractivity contribution in [2.24, 2.45) is 5.92 Å². The van der Waals surface area contributed by atoms with Crippen molar-refractivity contribution in [3.8, 4) is 0 Å². The minimum atomic E-state index is -4.30. The van der Waals surface area contributed by atoms with Crippen LogP contribution in [0.2, 0.25) is 0 Å². The molecule has 1 aromatic rings. The summed E-state index contributed by atoms with van der Waals surface area (Å²) in [5.41, 5.74) is -0.0838. The summed E-state index contributed by atoms with van der Waals surface area (Å²) in [7, 11) is 3.80. The van der Waals surface area contributed by atoms with E-state index in [1.165, 1.54) is 12.1 Å². The molecule has 0 amide bonds. The molecule has 0 aliphatic carbocycles. The van der Waals surface area contributed by atoms with Gasteiger partial charge in [-0.15, -0.1) is 0 Å². The molecule has 1 N–H and O–H groups in total. The maximum absolute atomic E-state index is 13.3. The Labute approximate surface area is 124 Å². The number of nitrogens with one attached hydrogen (secondary N) is 1. The highest BCUT2D eigenvalue weighted by molar-refractivity contribution is 5.33. The Kier molecular flexibility index (Phi) is 5.27. The summed E-state index contributed by atoms with van der Waals surface area (Å²) < 4.78 is 39.9. The molecule has 0 saturated carbocycles. The van der Waals surface area contributed by atoms with Gasteiger partial charge in [0, 0.05) is 6.04 Å². The van der Waals surface area contributed by atoms with E-state index in [-0.39, 0.29) is 12.0 Å². The second-order valence-corrected chi connectivity index (χ2v) is 5.82. The zero-order valence-electron chi connectivity index (χ0n) is 12.6. The van der Waals surface area contributed by atoms with E-state index in [4.69, 9.17) is 0 Å². The number of alkyl halides is 3. The van der Waals surface area contributed by atoms with E-state index in [9.17, 15) is 13.2 Å². The molecule has 0 spiro atoms. The first-order chi connectivity index (χ1) is 9.95. The second kappa shape index (κ2) is 6.79. The molecule has 21 heavy (non-hydrogen) atoms. The van der Waals surface area contributed by atoms with Gasteiger partial charge in [-0.3, -0.25) is 4.90 Å². The number of hydrogen-bond acceptors (Lipinski definition) is 2. The molecule has 2 nitrogen and oxygen atoms in total. The van der Waals surface area contributed by atoms with Crippen molar-refractivity contribution >= 4 is 0 Å². The second-order valence-electron chi connectivity index (χ2n) is 5.82. The van der Waals surface area contributed by atoms with Crippen LogP contribution in [-0.2, 0) is 6.18 Å². The summed E-state index contributed by atoms with van der Waals surface area (Å²) in [4.78, 5) is 2.08. The van der Waals surface area contributed by atoms with Crippen LogP contribution in [0.25, 0.3) is 0 Å². The molecule has 1 aliphatic rings. The zero-order chi connectivity index (χ0) is 15.5. The molecule has 0 radical (unpaired) electrons. The van der Waals surface area contributed by atoms with Gasteiger partial charge in [0.1, 0.15) is 0 Å². The van der Waals surface area contributed by atoms with E-state index in [0.717, 1.165) is 32.4 Å². The number of rotatable bonds is 3. The Morgan fingerprint density at radius 2 is 1.95 bits per heavy atom. The van der Waals surface area contributed by atoms with Gasteiger partial charge < -0.3 is 5.32 Å². The first kappa shape index (κ1) is 16.3. The Hall–Kier alpha value is -1.07. The predicted octanol–water partition coefficient (Wildman–Crippen LogP) is 3.70. The monoisotopic (exact) mass is 300 g/mol. The Balaban J connectivity index is 2.44. The van der Waals surface area contributed by atoms with E-state index in [1.54, 1.807) is 12.1 Å². The summed E-state index contributed by atoms with van der Waals surface area (Å²) in [5, 5.41) is 3.14. The lowest BCUT2D eigenvalue weighted by atomic mass is 9.86. The van der Waals surface area contributed by atoms with Crippen molar-refractivity contribution in [1.82, 2.24) is 10.2 Å². The van der Waals surface area contributed by atoms with Crippen molar-refractivity contribution in [3.05, 3.63) is 35.4 Å². The molecule has 1 saturated heterocycles. The number of likely N-dealkylation sites (tertiary alicyclic amines) is 1. The van der Waals surface area contributed by atoms with Gasteiger partial charge in [-0.1, -0.05) is 24.6 Å². The topological polar surface area (TPSA) is 15.3 Å². The van der Waals surface area contributed by atoms with Gasteiger partial charge in [0.2, 0.25) is 0 Å². The van der Waals surface area contributed by atoms with Crippen LogP contribution in [0, 0.1) is 5.92 Å². The van der Waals surface area contributed by atoms with Crippen LogP contribution >= 0.6 is 0 Å². The predicted molar refractivity (Wildman–Crippen MR) is 78.1 cm³/mol. The molecular weight excluding hydrogens is 277 g/mol. The summed E-state index contributed by atoms with van der Waals surface area (Å²) in [5.74, 6) is 0.200. The Morgan fingerprint density at radius 3 is 2.62 bits per heavy atom. The van der Waals surface area contributed by atoms with Crippen molar-refractivity contribution in [2.75, 3.05) is 27.2 Å². The van der Waals surface area contributed by atoms with Crippen LogP contribution in [0.3, 0.4) is 0 Å². The summed E-state index contributed by atoms with van der Waals surface area (Å²) >= 11 is 0. The maximum atomic E-state index is 13.3. The lowest BCUT2D eigenvalue weighted by molar-refractivity contribution is -0.139. The van der Waals surface area contributed by atoms with Crippen LogP contribution in [0.4, 0.5) is 13.2 Å². The largest absolute Gasteiger partial charge is 0.416 e. The molecule has 0 bridgehead atoms. The molecule has 2 unspecified atom stereocenters. The SMILES string of the molecule is CNCC1CCCCN(C)C1c1ccccc1C(F)(F)F. The van der Waals surface area contributed by atoms with Crippen LogP contribution in [-0.4, -0.2) is 32.1 Å². The van der Waals surface area contributed by atoms with E-state index in [0.29, 0.717) is 5.56 Å². The van der Waals surface area contributed by atoms with Gasteiger partial charge in [-0.05, 0) is 57.6 Å². The van der Waals surface area contributed by atoms with Gasteiger partial charge >= 0.3 is 6.18 Å². The van der Waals surface area contributed by atoms with Gasteiger partial charge in [0.25, 0.3) is 0 Å². The quantitative estimate of drug-likeness (QED) is 0.915. The number of hydrogen-bond donors (Lipinski definition) is 1. The third-order valence-corrected chi connectivity index (χ3v) is 4.31. The minimum absolute atomic E-state index is 0.183. The van der Waals surface area contributed by atoms with Crippen LogP contribution in [0.15, 0.2) is 24.3 Å². The van der Waals surface area contributed by atoms with Crippen molar-refractivity contribution in [1.29, 1.82) is 0 Å². The number of benzene rings is 1. The average Bonchev–Trinajstić information content (AvgIpc) is 2.60. The fourth-order valence-electron chi connectivity index (χ4n) is 3.40. The molecule has 2 rings (SSSR count). The molecule has 2 atom stereocenters. The molecule has 1 aromatic carbocycles. The fourth-order valence-corrected chi connectivity index (χ4v) is 3.40. The third kappa shape index (κ3) is 3.77. The summed E-state index contributed by atoms with van der Waals surface area (Å²) in [6, 6.07) is 5.83. The van der Waals surface area contributed by atoms with E-state index < -0.39 is 11.7 Å². The highest BCUT2D eigenvalue weighted by atomic mass is 19.4.